The third-order valence-electron chi connectivity index (χ3n) is 12.6. The van der Waals surface area contributed by atoms with Gasteiger partial charge in [0.15, 0.2) is 0 Å². The average Bonchev–Trinajstić information content (AvgIpc) is 3.25. The van der Waals surface area contributed by atoms with E-state index in [4.69, 9.17) is 19.7 Å². The quantitative estimate of drug-likeness (QED) is 0.0348. The molecule has 0 aromatic rings. The van der Waals surface area contributed by atoms with Gasteiger partial charge in [-0.05, 0) is 79.3 Å². The fraction of sp³-hybridized carbons (Fsp3) is 0.962. The number of esters is 2. The number of aliphatic hydroxyl groups excluding tert-OH is 4. The van der Waals surface area contributed by atoms with Crippen LogP contribution >= 0.6 is 0 Å². The molecule has 0 spiro atoms. The smallest absolute Gasteiger partial charge is 0.312 e. The van der Waals surface area contributed by atoms with Crippen molar-refractivity contribution >= 4 is 11.9 Å². The van der Waals surface area contributed by atoms with Crippen LogP contribution in [0.5, 0.6) is 0 Å². The van der Waals surface area contributed by atoms with E-state index in [2.05, 4.69) is 39.5 Å². The van der Waals surface area contributed by atoms with E-state index in [1.807, 2.05) is 0 Å². The number of unbranched alkanes of at least 4 members (excludes halogenated alkanes) is 23. The fourth-order valence-electron chi connectivity index (χ4n) is 7.05. The summed E-state index contributed by atoms with van der Waals surface area (Å²) >= 11 is 0. The van der Waals surface area contributed by atoms with Gasteiger partial charge in [-0.15, -0.1) is 0 Å². The summed E-state index contributed by atoms with van der Waals surface area (Å²) in [5, 5.41) is 35.6. The summed E-state index contributed by atoms with van der Waals surface area (Å²) in [6.45, 7) is 21.1. The summed E-state index contributed by atoms with van der Waals surface area (Å²) in [6, 6.07) is 0. The number of hydrogen-bond donors (Lipinski definition) is 4. The van der Waals surface area contributed by atoms with Crippen LogP contribution < -0.4 is 0 Å². The minimum absolute atomic E-state index is 0. The molecule has 2 radical (unpaired) electrons. The molecule has 0 aliphatic heterocycles. The van der Waals surface area contributed by atoms with Gasteiger partial charge in [0, 0.05) is 91.1 Å². The zero-order chi connectivity index (χ0) is 46.5. The number of carbonyl (C=O) groups is 2. The molecule has 0 atom stereocenters. The van der Waals surface area contributed by atoms with E-state index < -0.39 is 22.7 Å². The van der Waals surface area contributed by atoms with Crippen LogP contribution in [0.15, 0.2) is 0 Å². The van der Waals surface area contributed by atoms with E-state index >= 15 is 0 Å². The number of hydrogen-bond acceptors (Lipinski definition) is 9. The van der Waals surface area contributed by atoms with E-state index in [-0.39, 0.29) is 97.3 Å². The Morgan fingerprint density at radius 2 is 0.778 bits per heavy atom. The largest absolute Gasteiger partial charge is 0.465 e. The monoisotopic (exact) mass is 1050 g/mol. The van der Waals surface area contributed by atoms with Crippen LogP contribution in [0.25, 0.3) is 0 Å². The third-order valence-corrected chi connectivity index (χ3v) is 12.6. The van der Waals surface area contributed by atoms with Crippen LogP contribution in [0.2, 0.25) is 0 Å². The summed E-state index contributed by atoms with van der Waals surface area (Å²) in [5.74, 6) is -1.43. The molecule has 374 valence electrons. The van der Waals surface area contributed by atoms with Gasteiger partial charge < -0.3 is 34.8 Å². The van der Waals surface area contributed by atoms with Crippen molar-refractivity contribution in [2.45, 2.75) is 255 Å². The van der Waals surface area contributed by atoms with Crippen LogP contribution in [0, 0.1) is 16.7 Å². The zero-order valence-corrected chi connectivity index (χ0v) is 49.0. The van der Waals surface area contributed by atoms with Gasteiger partial charge in [-0.3, -0.25) is 9.59 Å². The Hall–Kier alpha value is 0.948. The predicted molar refractivity (Wildman–Crippen MR) is 259 cm³/mol. The maximum Gasteiger partial charge on any atom is 0.312 e. The van der Waals surface area contributed by atoms with Gasteiger partial charge >= 0.3 is 11.9 Å². The molecule has 0 unspecified atom stereocenters. The van der Waals surface area contributed by atoms with Gasteiger partial charge in [0.1, 0.15) is 6.10 Å². The second kappa shape index (κ2) is 53.9. The Morgan fingerprint density at radius 1 is 0.460 bits per heavy atom. The average molecular weight is 1050 g/mol. The van der Waals surface area contributed by atoms with E-state index in [9.17, 15) is 19.8 Å². The van der Waals surface area contributed by atoms with Crippen LogP contribution in [0.4, 0.5) is 0 Å². The first-order valence-electron chi connectivity index (χ1n) is 25.9. The van der Waals surface area contributed by atoms with Gasteiger partial charge in [0.25, 0.3) is 0 Å². The van der Waals surface area contributed by atoms with Crippen molar-refractivity contribution in [2.24, 2.45) is 16.7 Å². The van der Waals surface area contributed by atoms with E-state index in [0.29, 0.717) is 13.2 Å². The molecule has 0 bridgehead atoms. The summed E-state index contributed by atoms with van der Waals surface area (Å²) in [6.07, 6.45) is 36.1. The number of aliphatic hydroxyl groups is 4. The Morgan fingerprint density at radius 3 is 1.10 bits per heavy atom. The SMILES string of the molecule is CCCCCCCCC(CCCCCCCC)OC(=O)C(C)(C)C(C)(C)C(=O)OCC(CO)CO.CCCCCCCCCCCCCCCCO.CCN(CC)CCCO.[Y].[Y]. The molecule has 0 aliphatic rings. The second-order valence-electron chi connectivity index (χ2n) is 18.6. The van der Waals surface area contributed by atoms with Gasteiger partial charge in [0.05, 0.1) is 30.7 Å². The van der Waals surface area contributed by atoms with Crippen molar-refractivity contribution in [1.29, 1.82) is 0 Å². The van der Waals surface area contributed by atoms with Crippen molar-refractivity contribution in [3.63, 3.8) is 0 Å². The standard InChI is InChI=1S/C29H56O6.C16H34O.C7H17NO.2Y/c1-7-9-11-13-15-17-19-25(20-18-16-14-12-10-8-2)35-27(33)29(5,6)28(3,4)26(32)34-23-24(21-30)22-31;1-2-3-4-5-6-7-8-9-10-11-12-13-14-15-16-17;1-3-8(4-2)6-5-7-9;;/h24-25,30-31H,7-23H2,1-6H3;17H,2-16H2,1H3;9H,3-7H2,1-2H3;;. The molecule has 0 heterocycles. The maximum absolute atomic E-state index is 13.3. The molecule has 9 nitrogen and oxygen atoms in total. The predicted octanol–water partition coefficient (Wildman–Crippen LogP) is 12.8. The number of ether oxygens (including phenoxy) is 2. The minimum Gasteiger partial charge on any atom is -0.465 e. The molecule has 4 N–H and O–H groups in total. The van der Waals surface area contributed by atoms with Crippen molar-refractivity contribution < 1.29 is 105 Å². The van der Waals surface area contributed by atoms with Crippen molar-refractivity contribution in [3.05, 3.63) is 0 Å². The molecular formula is C52H107NO8Y2. The Labute approximate surface area is 442 Å². The van der Waals surface area contributed by atoms with Gasteiger partial charge in [-0.1, -0.05) is 182 Å². The maximum atomic E-state index is 13.3. The van der Waals surface area contributed by atoms with Crippen molar-refractivity contribution in [1.82, 2.24) is 4.90 Å². The van der Waals surface area contributed by atoms with E-state index in [1.54, 1.807) is 27.7 Å². The number of carbonyl (C=O) groups excluding carboxylic acids is 2. The first kappa shape index (κ1) is 72.9. The summed E-state index contributed by atoms with van der Waals surface area (Å²) in [7, 11) is 0. The molecule has 0 saturated carbocycles. The Balaban J connectivity index is -0.000000331. The van der Waals surface area contributed by atoms with Gasteiger partial charge in [-0.2, -0.15) is 0 Å². The van der Waals surface area contributed by atoms with Gasteiger partial charge in [0.2, 0.25) is 0 Å². The van der Waals surface area contributed by atoms with E-state index in [1.165, 1.54) is 135 Å². The first-order valence-corrected chi connectivity index (χ1v) is 25.9. The van der Waals surface area contributed by atoms with E-state index in [0.717, 1.165) is 71.0 Å². The Kier molecular flexibility index (Phi) is 62.4. The molecule has 11 heteroatoms. The second-order valence-corrected chi connectivity index (χ2v) is 18.6. The molecule has 0 aromatic carbocycles. The minimum atomic E-state index is -1.12. The fourth-order valence-corrected chi connectivity index (χ4v) is 7.05. The molecule has 0 aliphatic carbocycles. The molecular weight excluding hydrogens is 944 g/mol. The first-order chi connectivity index (χ1) is 29.3. The normalized spacial score (nSPS) is 11.4. The van der Waals surface area contributed by atoms with Crippen molar-refractivity contribution in [3.8, 4) is 0 Å². The van der Waals surface area contributed by atoms with Gasteiger partial charge in [-0.25, -0.2) is 0 Å². The molecule has 0 rings (SSSR count). The topological polar surface area (TPSA) is 137 Å². The zero-order valence-electron chi connectivity index (χ0n) is 43.3. The Bertz CT molecular complexity index is 889. The summed E-state index contributed by atoms with van der Waals surface area (Å²) in [5.41, 5.74) is -2.21. The number of nitrogens with zero attached hydrogens (tertiary/aromatic N) is 1. The summed E-state index contributed by atoms with van der Waals surface area (Å²) < 4.78 is 11.4. The molecule has 63 heavy (non-hydrogen) atoms. The molecule has 0 fully saturated rings. The molecule has 0 amide bonds. The van der Waals surface area contributed by atoms with Crippen LogP contribution in [0.1, 0.15) is 249 Å². The van der Waals surface area contributed by atoms with Crippen molar-refractivity contribution in [2.75, 3.05) is 52.7 Å². The van der Waals surface area contributed by atoms with Crippen LogP contribution in [-0.4, -0.2) is 96.0 Å². The van der Waals surface area contributed by atoms with Crippen LogP contribution in [-0.2, 0) is 84.5 Å². The van der Waals surface area contributed by atoms with Crippen LogP contribution in [0.3, 0.4) is 0 Å². The third kappa shape index (κ3) is 43.9. The molecule has 0 saturated heterocycles. The molecule has 0 aromatic heterocycles. The number of rotatable bonds is 41. The summed E-state index contributed by atoms with van der Waals surface area (Å²) in [4.78, 5) is 28.5.